The van der Waals surface area contributed by atoms with E-state index in [9.17, 15) is 14.4 Å². The molecule has 7 nitrogen and oxygen atoms in total. The summed E-state index contributed by atoms with van der Waals surface area (Å²) in [5.74, 6) is -0.992. The van der Waals surface area contributed by atoms with Crippen LogP contribution >= 0.6 is 0 Å². The second kappa shape index (κ2) is 4.80. The number of rotatable bonds is 2. The van der Waals surface area contributed by atoms with Crippen molar-refractivity contribution in [1.82, 2.24) is 15.5 Å². The van der Waals surface area contributed by atoms with E-state index < -0.39 is 12.1 Å². The van der Waals surface area contributed by atoms with Crippen molar-refractivity contribution in [2.75, 3.05) is 26.7 Å². The van der Waals surface area contributed by atoms with Gasteiger partial charge in [-0.05, 0) is 0 Å². The average molecular weight is 241 g/mol. The van der Waals surface area contributed by atoms with Crippen molar-refractivity contribution in [2.45, 2.75) is 18.6 Å². The van der Waals surface area contributed by atoms with Gasteiger partial charge >= 0.3 is 0 Å². The molecule has 0 bridgehead atoms. The summed E-state index contributed by atoms with van der Waals surface area (Å²) in [7, 11) is 1.41. The molecule has 0 radical (unpaired) electrons. The molecule has 2 unspecified atom stereocenters. The number of amides is 3. The predicted octanol–water partition coefficient (Wildman–Crippen LogP) is -2.15. The van der Waals surface area contributed by atoms with Gasteiger partial charge in [-0.25, -0.2) is 0 Å². The molecule has 94 valence electrons. The van der Waals surface area contributed by atoms with E-state index in [4.69, 9.17) is 4.74 Å². The second-order valence-electron chi connectivity index (χ2n) is 4.12. The molecule has 0 aliphatic carbocycles. The highest BCUT2D eigenvalue weighted by atomic mass is 16.5. The van der Waals surface area contributed by atoms with Crippen LogP contribution in [-0.2, 0) is 19.1 Å². The van der Waals surface area contributed by atoms with E-state index >= 15 is 0 Å². The van der Waals surface area contributed by atoms with Crippen LogP contribution in [0.25, 0.3) is 0 Å². The summed E-state index contributed by atoms with van der Waals surface area (Å²) in [6, 6.07) is -0.745. The van der Waals surface area contributed by atoms with Crippen LogP contribution < -0.4 is 10.6 Å². The van der Waals surface area contributed by atoms with Gasteiger partial charge in [0.2, 0.25) is 5.91 Å². The Morgan fingerprint density at radius 1 is 1.53 bits per heavy atom. The van der Waals surface area contributed by atoms with E-state index in [0.717, 1.165) is 4.90 Å². The predicted molar refractivity (Wildman–Crippen MR) is 56.9 cm³/mol. The third kappa shape index (κ3) is 2.45. The Hall–Kier alpha value is -1.47. The first-order valence-corrected chi connectivity index (χ1v) is 5.52. The van der Waals surface area contributed by atoms with Crippen LogP contribution in [0.15, 0.2) is 0 Å². The second-order valence-corrected chi connectivity index (χ2v) is 4.12. The van der Waals surface area contributed by atoms with Gasteiger partial charge < -0.3 is 15.4 Å². The zero-order chi connectivity index (χ0) is 12.4. The van der Waals surface area contributed by atoms with E-state index in [-0.39, 0.29) is 24.1 Å². The summed E-state index contributed by atoms with van der Waals surface area (Å²) in [4.78, 5) is 35.6. The standard InChI is InChI=1S/C10H15N3O4/c1-13-8(14)4-6(10(13)16)12-9(15)7-5-11-2-3-17-7/h6-7,11H,2-5H2,1H3,(H,12,15). The lowest BCUT2D eigenvalue weighted by atomic mass is 10.2. The van der Waals surface area contributed by atoms with Crippen molar-refractivity contribution in [3.05, 3.63) is 0 Å². The number of nitrogens with zero attached hydrogens (tertiary/aromatic N) is 1. The third-order valence-electron chi connectivity index (χ3n) is 2.92. The van der Waals surface area contributed by atoms with Crippen LogP contribution in [0.2, 0.25) is 0 Å². The number of hydrogen-bond acceptors (Lipinski definition) is 5. The number of hydrogen-bond donors (Lipinski definition) is 2. The molecule has 2 aliphatic heterocycles. The Morgan fingerprint density at radius 2 is 2.29 bits per heavy atom. The van der Waals surface area contributed by atoms with Gasteiger partial charge in [-0.2, -0.15) is 0 Å². The number of nitrogens with one attached hydrogen (secondary N) is 2. The average Bonchev–Trinajstić information content (AvgIpc) is 2.58. The third-order valence-corrected chi connectivity index (χ3v) is 2.92. The van der Waals surface area contributed by atoms with E-state index in [1.165, 1.54) is 7.05 Å². The normalized spacial score (nSPS) is 29.6. The summed E-state index contributed by atoms with van der Waals surface area (Å²) in [6.45, 7) is 1.61. The molecule has 0 aromatic rings. The molecular formula is C10H15N3O4. The van der Waals surface area contributed by atoms with Crippen molar-refractivity contribution in [1.29, 1.82) is 0 Å². The van der Waals surface area contributed by atoms with Crippen LogP contribution in [0.3, 0.4) is 0 Å². The van der Waals surface area contributed by atoms with Crippen molar-refractivity contribution in [3.8, 4) is 0 Å². The summed E-state index contributed by atoms with van der Waals surface area (Å²) < 4.78 is 5.25. The minimum atomic E-state index is -0.745. The zero-order valence-electron chi connectivity index (χ0n) is 9.56. The molecule has 0 aromatic heterocycles. The first-order chi connectivity index (χ1) is 8.09. The molecule has 17 heavy (non-hydrogen) atoms. The van der Waals surface area contributed by atoms with Gasteiger partial charge in [-0.15, -0.1) is 0 Å². The van der Waals surface area contributed by atoms with Crippen molar-refractivity contribution in [3.63, 3.8) is 0 Å². The number of likely N-dealkylation sites (tertiary alicyclic amines) is 1. The summed E-state index contributed by atoms with van der Waals surface area (Å²) >= 11 is 0. The number of imide groups is 1. The fourth-order valence-electron chi connectivity index (χ4n) is 1.87. The van der Waals surface area contributed by atoms with Gasteiger partial charge in [-0.3, -0.25) is 19.3 Å². The first-order valence-electron chi connectivity index (χ1n) is 5.52. The Kier molecular flexibility index (Phi) is 3.39. The van der Waals surface area contributed by atoms with Gasteiger partial charge in [0.15, 0.2) is 0 Å². The summed E-state index contributed by atoms with van der Waals surface area (Å²) in [6.07, 6.45) is -0.557. The van der Waals surface area contributed by atoms with Crippen LogP contribution in [0.1, 0.15) is 6.42 Å². The van der Waals surface area contributed by atoms with Crippen LogP contribution in [0.5, 0.6) is 0 Å². The highest BCUT2D eigenvalue weighted by Gasteiger charge is 2.38. The molecule has 2 heterocycles. The summed E-state index contributed by atoms with van der Waals surface area (Å²) in [5.41, 5.74) is 0. The largest absolute Gasteiger partial charge is 0.366 e. The zero-order valence-corrected chi connectivity index (χ0v) is 9.56. The van der Waals surface area contributed by atoms with Gasteiger partial charge in [0, 0.05) is 20.1 Å². The van der Waals surface area contributed by atoms with E-state index in [1.807, 2.05) is 0 Å². The minimum Gasteiger partial charge on any atom is -0.366 e. The van der Waals surface area contributed by atoms with Gasteiger partial charge in [0.05, 0.1) is 13.0 Å². The van der Waals surface area contributed by atoms with Gasteiger partial charge in [0.1, 0.15) is 12.1 Å². The van der Waals surface area contributed by atoms with Crippen molar-refractivity contribution >= 4 is 17.7 Å². The number of carbonyl (C=O) groups is 3. The number of carbonyl (C=O) groups excluding carboxylic acids is 3. The molecular weight excluding hydrogens is 226 g/mol. The SMILES string of the molecule is CN1C(=O)CC(NC(=O)C2CNCCO2)C1=O. The number of morpholine rings is 1. The van der Waals surface area contributed by atoms with E-state index in [1.54, 1.807) is 0 Å². The molecule has 0 spiro atoms. The Bertz CT molecular complexity index is 351. The lowest BCUT2D eigenvalue weighted by Gasteiger charge is -2.23. The maximum atomic E-state index is 11.8. The quantitative estimate of drug-likeness (QED) is 0.538. The fraction of sp³-hybridized carbons (Fsp3) is 0.700. The Morgan fingerprint density at radius 3 is 2.82 bits per heavy atom. The summed E-state index contributed by atoms with van der Waals surface area (Å²) in [5, 5.41) is 5.56. The fourth-order valence-corrected chi connectivity index (χ4v) is 1.87. The molecule has 2 N–H and O–H groups in total. The number of ether oxygens (including phenoxy) is 1. The lowest BCUT2D eigenvalue weighted by molar-refractivity contribution is -0.140. The molecule has 2 fully saturated rings. The molecule has 0 aromatic carbocycles. The van der Waals surface area contributed by atoms with Gasteiger partial charge in [0.25, 0.3) is 11.8 Å². The maximum Gasteiger partial charge on any atom is 0.252 e. The molecule has 0 saturated carbocycles. The topological polar surface area (TPSA) is 87.7 Å². The first kappa shape index (κ1) is 12.0. The van der Waals surface area contributed by atoms with Crippen LogP contribution in [0.4, 0.5) is 0 Å². The monoisotopic (exact) mass is 241 g/mol. The van der Waals surface area contributed by atoms with Crippen molar-refractivity contribution in [2.24, 2.45) is 0 Å². The van der Waals surface area contributed by atoms with E-state index in [0.29, 0.717) is 19.7 Å². The van der Waals surface area contributed by atoms with Gasteiger partial charge in [-0.1, -0.05) is 0 Å². The molecule has 7 heteroatoms. The van der Waals surface area contributed by atoms with Crippen LogP contribution in [-0.4, -0.2) is 61.5 Å². The Balaban J connectivity index is 1.90. The number of likely N-dealkylation sites (N-methyl/N-ethyl adjacent to an activating group) is 1. The highest BCUT2D eigenvalue weighted by Crippen LogP contribution is 2.11. The highest BCUT2D eigenvalue weighted by molar-refractivity contribution is 6.06. The molecule has 2 atom stereocenters. The lowest BCUT2D eigenvalue weighted by Crippen LogP contribution is -2.51. The molecule has 2 aliphatic rings. The van der Waals surface area contributed by atoms with E-state index in [2.05, 4.69) is 10.6 Å². The minimum absolute atomic E-state index is 0.0290. The Labute approximate surface area is 98.5 Å². The molecule has 2 rings (SSSR count). The van der Waals surface area contributed by atoms with Crippen LogP contribution in [0, 0.1) is 0 Å². The maximum absolute atomic E-state index is 11.8. The molecule has 2 saturated heterocycles. The smallest absolute Gasteiger partial charge is 0.252 e. The molecule has 3 amide bonds. The van der Waals surface area contributed by atoms with Crippen molar-refractivity contribution < 1.29 is 19.1 Å².